The van der Waals surface area contributed by atoms with Gasteiger partial charge in [-0.2, -0.15) is 0 Å². The third-order valence-electron chi connectivity index (χ3n) is 14.7. The van der Waals surface area contributed by atoms with E-state index < -0.39 is 230 Å². The van der Waals surface area contributed by atoms with Crippen LogP contribution in [0.5, 0.6) is 0 Å². The molecule has 0 unspecified atom stereocenters. The number of benzene rings is 1. The van der Waals surface area contributed by atoms with Crippen LogP contribution in [0, 0.1) is 10.1 Å². The van der Waals surface area contributed by atoms with Crippen molar-refractivity contribution < 1.29 is 131 Å². The zero-order chi connectivity index (χ0) is 75.8. The highest BCUT2D eigenvalue weighted by atomic mass is 16.8. The molecule has 2 aromatic rings. The summed E-state index contributed by atoms with van der Waals surface area (Å²) in [5.74, 6) is -0.917. The number of esters is 1. The summed E-state index contributed by atoms with van der Waals surface area (Å²) in [6.45, 7) is 25.5. The van der Waals surface area contributed by atoms with Crippen LogP contribution in [0.15, 0.2) is 30.5 Å². The normalized spacial score (nSPS) is 29.6. The number of aliphatic hydroxyl groups excluding tert-OH is 6. The number of hydrogen-bond donors (Lipinski definition) is 12. The summed E-state index contributed by atoms with van der Waals surface area (Å²) in [7, 11) is 0. The number of hydrogen-bond acceptors (Lipinski definition) is 30. The second kappa shape index (κ2) is 33.2. The molecule has 4 aliphatic rings. The van der Waals surface area contributed by atoms with Crippen LogP contribution in [0.25, 0.3) is 0 Å². The van der Waals surface area contributed by atoms with Crippen LogP contribution in [0.1, 0.15) is 153 Å². The molecule has 0 bridgehead atoms. The number of rotatable bonds is 20. The fourth-order valence-corrected chi connectivity index (χ4v) is 10.7. The van der Waals surface area contributed by atoms with Crippen molar-refractivity contribution in [1.29, 1.82) is 0 Å². The van der Waals surface area contributed by atoms with E-state index >= 15 is 0 Å². The van der Waals surface area contributed by atoms with Crippen LogP contribution in [0.3, 0.4) is 0 Å². The van der Waals surface area contributed by atoms with Gasteiger partial charge in [0.15, 0.2) is 18.9 Å². The first kappa shape index (κ1) is 82.3. The molecule has 38 nitrogen and oxygen atoms in total. The number of nitro benzene ring substituents is 1. The Hall–Kier alpha value is -7.63. The Balaban J connectivity index is 1.44. The van der Waals surface area contributed by atoms with Gasteiger partial charge >= 0.3 is 42.5 Å². The van der Waals surface area contributed by atoms with Crippen molar-refractivity contribution in [2.75, 3.05) is 19.7 Å². The lowest BCUT2D eigenvalue weighted by Gasteiger charge is -2.49. The van der Waals surface area contributed by atoms with Gasteiger partial charge in [0.25, 0.3) is 5.69 Å². The molecular weight excluding hydrogens is 1340 g/mol. The molecule has 6 rings (SSSR count). The Bertz CT molecular complexity index is 3150. The molecule has 0 spiro atoms. The second-order valence-electron chi connectivity index (χ2n) is 30.5. The van der Waals surface area contributed by atoms with Crippen molar-refractivity contribution in [3.8, 4) is 0 Å². The van der Waals surface area contributed by atoms with Crippen LogP contribution < -0.4 is 31.9 Å². The number of carbonyl (C=O) groups is 7. The number of aromatic nitrogens is 3. The number of amides is 6. The molecule has 1 aromatic heterocycles. The molecule has 101 heavy (non-hydrogen) atoms. The van der Waals surface area contributed by atoms with E-state index in [1.807, 2.05) is 0 Å². The van der Waals surface area contributed by atoms with Crippen LogP contribution in [-0.2, 0) is 68.2 Å². The van der Waals surface area contributed by atoms with E-state index in [4.69, 9.17) is 61.6 Å². The predicted octanol–water partition coefficient (Wildman–Crippen LogP) is 2.24. The van der Waals surface area contributed by atoms with Gasteiger partial charge in [-0.3, -0.25) is 10.1 Å². The average Bonchev–Trinajstić information content (AvgIpc) is 1.76. The van der Waals surface area contributed by atoms with Gasteiger partial charge in [-0.15, -0.1) is 5.10 Å². The molecule has 4 fully saturated rings. The van der Waals surface area contributed by atoms with Gasteiger partial charge in [0.2, 0.25) is 0 Å². The van der Waals surface area contributed by atoms with Crippen molar-refractivity contribution in [1.82, 2.24) is 46.9 Å². The molecule has 19 atom stereocenters. The van der Waals surface area contributed by atoms with Crippen molar-refractivity contribution in [3.63, 3.8) is 0 Å². The average molecular weight is 1450 g/mol. The van der Waals surface area contributed by atoms with E-state index in [2.05, 4.69) is 42.2 Å². The molecule has 1 saturated carbocycles. The third kappa shape index (κ3) is 24.8. The monoisotopic (exact) mass is 1440 g/mol. The molecule has 12 N–H and O–H groups in total. The Labute approximate surface area is 583 Å². The number of alkyl carbamates (subject to hydrolysis) is 6. The van der Waals surface area contributed by atoms with Crippen LogP contribution in [-0.4, -0.2) is 257 Å². The van der Waals surface area contributed by atoms with E-state index in [0.29, 0.717) is 0 Å². The quantitative estimate of drug-likeness (QED) is 0.0391. The smallest absolute Gasteiger partial charge is 0.408 e. The van der Waals surface area contributed by atoms with Crippen LogP contribution >= 0.6 is 0 Å². The van der Waals surface area contributed by atoms with Gasteiger partial charge in [0, 0.05) is 25.2 Å². The summed E-state index contributed by atoms with van der Waals surface area (Å²) >= 11 is 0. The molecular formula is C63H100N10O28. The topological polar surface area (TPSA) is 507 Å². The molecule has 1 aromatic carbocycles. The summed E-state index contributed by atoms with van der Waals surface area (Å²) in [4.78, 5) is 105. The lowest BCUT2D eigenvalue weighted by Crippen LogP contribution is -2.70. The number of non-ortho nitro benzene ring substituents is 1. The third-order valence-corrected chi connectivity index (χ3v) is 14.7. The summed E-state index contributed by atoms with van der Waals surface area (Å²) in [5, 5.41) is 107. The number of ether oxygens (including phenoxy) is 13. The number of nitrogens with zero attached hydrogens (tertiary/aromatic N) is 4. The minimum Gasteiger partial charge on any atom is -0.455 e. The Morgan fingerprint density at radius 2 is 0.931 bits per heavy atom. The SMILES string of the molecule is CC(C)(C)OC(=O)NC[C@@H]1O[C@H](O[C@H]2[C@@H](O)[C@H](O[C@@H]3[C@@H](O)[C@H](NC(=O)OC(C)(C)C)C[C@H](NC(=O)OC(C)(C)C)[C@H]3O[C@H]3O[C@H](CNC(=O)OC(C)(C)C)[C@@H](O)[C@H](O)[C@H]3NC(=O)OC(C)(C)C)O[C@@H]2CO)[C@H](NC(=O)OC(C)(C)C)[C@@H](n2cc(COC(=O)c3ccc([N+](=O)[O-])cc3)nn2)[C@@H]1O. The number of nitrogens with one attached hydrogen (secondary N) is 6. The number of nitro groups is 1. The highest BCUT2D eigenvalue weighted by Gasteiger charge is 2.58. The van der Waals surface area contributed by atoms with Gasteiger partial charge < -0.3 is 124 Å². The molecule has 0 radical (unpaired) electrons. The van der Waals surface area contributed by atoms with Gasteiger partial charge in [0.05, 0.1) is 35.4 Å². The van der Waals surface area contributed by atoms with Crippen molar-refractivity contribution in [2.24, 2.45) is 0 Å². The van der Waals surface area contributed by atoms with Gasteiger partial charge in [0.1, 0.15) is 131 Å². The van der Waals surface area contributed by atoms with Gasteiger partial charge in [-0.05, 0) is 143 Å². The minimum absolute atomic E-state index is 0.0521. The standard InChI is InChI=1S/C63H100N10O28/c1-58(2,3)96-52(81)64-24-34-41(76)39(72-26-30(70-71-72)28-89-48(80)29-19-21-31(22-20-29)73(87)88)37(68-56(85)100-62(13,14)15)49(90-34)94-46-36(27-74)92-51(44(46)79)95-47-40(75)32(66-54(83)98-60(7,8)9)23-33(67-55(84)99-61(10,11)12)45(47)93-50-38(69-57(86)101-63(16,17)18)43(78)42(77)35(91-50)25-65-53(82)97-59(4,5)6/h19-22,26,32-47,49-51,74-79H,23-25,27-28H2,1-18H3,(H,64,81)(H,65,82)(H,66,83)(H,67,84)(H,68,85)(H,69,86)/t32-,33+,34+,35-,36-,37-,38-,39-,40+,41-,42-,43-,44-,45-,46-,47-,49-,50-,51+/m1/s1. The van der Waals surface area contributed by atoms with Gasteiger partial charge in [-0.1, -0.05) is 5.21 Å². The first-order valence-electron chi connectivity index (χ1n) is 32.7. The van der Waals surface area contributed by atoms with Crippen molar-refractivity contribution in [2.45, 2.75) is 287 Å². The zero-order valence-electron chi connectivity index (χ0n) is 59.8. The zero-order valence-corrected chi connectivity index (χ0v) is 59.8. The Morgan fingerprint density at radius 3 is 1.41 bits per heavy atom. The molecule has 3 saturated heterocycles. The molecule has 1 aliphatic carbocycles. The van der Waals surface area contributed by atoms with E-state index in [0.717, 1.165) is 16.8 Å². The number of carbonyl (C=O) groups excluding carboxylic acids is 7. The molecule has 38 heteroatoms. The largest absolute Gasteiger partial charge is 0.455 e. The van der Waals surface area contributed by atoms with E-state index in [1.54, 1.807) is 104 Å². The molecule has 570 valence electrons. The second-order valence-corrected chi connectivity index (χ2v) is 30.5. The van der Waals surface area contributed by atoms with Crippen LogP contribution in [0.2, 0.25) is 0 Å². The molecule has 4 heterocycles. The predicted molar refractivity (Wildman–Crippen MR) is 345 cm³/mol. The summed E-state index contributed by atoms with van der Waals surface area (Å²) in [6.07, 6.45) is -32.3. The maximum atomic E-state index is 14.0. The van der Waals surface area contributed by atoms with E-state index in [9.17, 15) is 74.3 Å². The molecule has 3 aliphatic heterocycles. The highest BCUT2D eigenvalue weighted by Crippen LogP contribution is 2.38. The van der Waals surface area contributed by atoms with Crippen molar-refractivity contribution in [3.05, 3.63) is 51.8 Å². The summed E-state index contributed by atoms with van der Waals surface area (Å²) in [6, 6.07) is -3.59. The fraction of sp³-hybridized carbons (Fsp3) is 0.762. The minimum atomic E-state index is -2.15. The fourth-order valence-electron chi connectivity index (χ4n) is 10.7. The lowest BCUT2D eigenvalue weighted by atomic mass is 9.83. The van der Waals surface area contributed by atoms with Crippen LogP contribution in [0.4, 0.5) is 34.5 Å². The van der Waals surface area contributed by atoms with E-state index in [1.165, 1.54) is 39.1 Å². The van der Waals surface area contributed by atoms with E-state index in [-0.39, 0.29) is 16.9 Å². The van der Waals surface area contributed by atoms with Gasteiger partial charge in [-0.25, -0.2) is 38.2 Å². The maximum Gasteiger partial charge on any atom is 0.408 e. The maximum absolute atomic E-state index is 14.0. The first-order valence-corrected chi connectivity index (χ1v) is 32.7. The first-order chi connectivity index (χ1) is 46.5. The Kier molecular flexibility index (Phi) is 27.1. The lowest BCUT2D eigenvalue weighted by molar-refractivity contribution is -0.384. The molecule has 6 amide bonds. The number of aliphatic hydroxyl groups is 6. The Morgan fingerprint density at radius 1 is 0.515 bits per heavy atom. The van der Waals surface area contributed by atoms with Crippen molar-refractivity contribution >= 4 is 48.2 Å². The highest BCUT2D eigenvalue weighted by molar-refractivity contribution is 5.89. The summed E-state index contributed by atoms with van der Waals surface area (Å²) < 4.78 is 78.3. The summed E-state index contributed by atoms with van der Waals surface area (Å²) in [5.41, 5.74) is -7.01.